The Balaban J connectivity index is 2.76. The lowest BCUT2D eigenvalue weighted by molar-refractivity contribution is -0.142. The smallest absolute Gasteiger partial charge is 0.322 e. The maximum absolute atomic E-state index is 11.1. The minimum absolute atomic E-state index is 0.398. The number of nitrogens with two attached hydrogens (primary N) is 1. The van der Waals surface area contributed by atoms with E-state index in [0.29, 0.717) is 6.42 Å². The standard InChI is InChI=1S/C10H11Br2NO2/c1-15-10(14)9(13)4-6-2-3-7(11)5-8(6)12/h2-3,5,9H,4,13H2,1H3. The fraction of sp³-hybridized carbons (Fsp3) is 0.300. The second-order valence-electron chi connectivity index (χ2n) is 3.07. The lowest BCUT2D eigenvalue weighted by Crippen LogP contribution is -2.33. The van der Waals surface area contributed by atoms with Gasteiger partial charge in [0.2, 0.25) is 0 Å². The molecule has 15 heavy (non-hydrogen) atoms. The molecule has 0 heterocycles. The summed E-state index contributed by atoms with van der Waals surface area (Å²) < 4.78 is 6.46. The molecule has 0 amide bonds. The van der Waals surface area contributed by atoms with Gasteiger partial charge in [0, 0.05) is 8.95 Å². The molecule has 0 bridgehead atoms. The highest BCUT2D eigenvalue weighted by Gasteiger charge is 2.15. The average molecular weight is 337 g/mol. The van der Waals surface area contributed by atoms with Crippen molar-refractivity contribution in [3.63, 3.8) is 0 Å². The first-order valence-corrected chi connectivity index (χ1v) is 5.90. The molecule has 0 aliphatic carbocycles. The highest BCUT2D eigenvalue weighted by molar-refractivity contribution is 9.11. The van der Waals surface area contributed by atoms with Crippen LogP contribution in [0.2, 0.25) is 0 Å². The monoisotopic (exact) mass is 335 g/mol. The van der Waals surface area contributed by atoms with E-state index < -0.39 is 12.0 Å². The summed E-state index contributed by atoms with van der Waals surface area (Å²) in [6, 6.07) is 5.12. The largest absolute Gasteiger partial charge is 0.468 e. The van der Waals surface area contributed by atoms with Crippen molar-refractivity contribution in [1.29, 1.82) is 0 Å². The van der Waals surface area contributed by atoms with Crippen molar-refractivity contribution >= 4 is 37.8 Å². The molecule has 0 radical (unpaired) electrons. The zero-order valence-electron chi connectivity index (χ0n) is 8.17. The van der Waals surface area contributed by atoms with Crippen molar-refractivity contribution in [2.24, 2.45) is 5.73 Å². The summed E-state index contributed by atoms with van der Waals surface area (Å²) in [6.45, 7) is 0. The molecule has 0 aliphatic rings. The number of halogens is 2. The minimum atomic E-state index is -0.618. The number of benzene rings is 1. The first-order chi connectivity index (χ1) is 7.04. The van der Waals surface area contributed by atoms with Crippen LogP contribution in [0.1, 0.15) is 5.56 Å². The number of carbonyl (C=O) groups excluding carboxylic acids is 1. The molecule has 0 aliphatic heterocycles. The van der Waals surface area contributed by atoms with Crippen molar-refractivity contribution < 1.29 is 9.53 Å². The normalized spacial score (nSPS) is 12.3. The van der Waals surface area contributed by atoms with Crippen LogP contribution in [0, 0.1) is 0 Å². The van der Waals surface area contributed by atoms with E-state index in [9.17, 15) is 4.79 Å². The summed E-state index contributed by atoms with van der Waals surface area (Å²) in [5, 5.41) is 0. The van der Waals surface area contributed by atoms with E-state index in [2.05, 4.69) is 36.6 Å². The molecule has 1 rings (SSSR count). The maximum Gasteiger partial charge on any atom is 0.322 e. The second-order valence-corrected chi connectivity index (χ2v) is 4.84. The Bertz CT molecular complexity index is 368. The second kappa shape index (κ2) is 5.63. The Hall–Kier alpha value is -0.390. The minimum Gasteiger partial charge on any atom is -0.468 e. The number of carbonyl (C=O) groups is 1. The van der Waals surface area contributed by atoms with Crippen LogP contribution in [-0.4, -0.2) is 19.1 Å². The van der Waals surface area contributed by atoms with E-state index in [-0.39, 0.29) is 0 Å². The van der Waals surface area contributed by atoms with Crippen LogP contribution >= 0.6 is 31.9 Å². The summed E-state index contributed by atoms with van der Waals surface area (Å²) in [7, 11) is 1.33. The molecule has 0 fully saturated rings. The number of ether oxygens (including phenoxy) is 1. The number of esters is 1. The number of rotatable bonds is 3. The van der Waals surface area contributed by atoms with E-state index in [1.165, 1.54) is 7.11 Å². The van der Waals surface area contributed by atoms with Gasteiger partial charge in [-0.3, -0.25) is 4.79 Å². The molecule has 0 spiro atoms. The van der Waals surface area contributed by atoms with Gasteiger partial charge in [0.05, 0.1) is 7.11 Å². The van der Waals surface area contributed by atoms with Gasteiger partial charge in [-0.25, -0.2) is 0 Å². The molecule has 5 heteroatoms. The predicted molar refractivity (Wildman–Crippen MR) is 65.5 cm³/mol. The average Bonchev–Trinajstić information content (AvgIpc) is 2.20. The molecule has 82 valence electrons. The van der Waals surface area contributed by atoms with Gasteiger partial charge in [-0.05, 0) is 24.1 Å². The lowest BCUT2D eigenvalue weighted by atomic mass is 10.1. The SMILES string of the molecule is COC(=O)C(N)Cc1ccc(Br)cc1Br. The van der Waals surface area contributed by atoms with Crippen LogP contribution in [0.3, 0.4) is 0 Å². The maximum atomic E-state index is 11.1. The third-order valence-corrected chi connectivity index (χ3v) is 3.19. The van der Waals surface area contributed by atoms with Gasteiger partial charge < -0.3 is 10.5 Å². The summed E-state index contributed by atoms with van der Waals surface area (Å²) in [5.74, 6) is -0.398. The Morgan fingerprint density at radius 1 is 1.53 bits per heavy atom. The zero-order chi connectivity index (χ0) is 11.4. The molecule has 1 atom stereocenters. The molecule has 2 N–H and O–H groups in total. The molecule has 1 unspecified atom stereocenters. The Labute approximate surface area is 105 Å². The van der Waals surface area contributed by atoms with Crippen molar-refractivity contribution in [3.05, 3.63) is 32.7 Å². The van der Waals surface area contributed by atoms with Gasteiger partial charge >= 0.3 is 5.97 Å². The van der Waals surface area contributed by atoms with Crippen LogP contribution < -0.4 is 5.73 Å². The lowest BCUT2D eigenvalue weighted by Gasteiger charge is -2.10. The number of methoxy groups -OCH3 is 1. The van der Waals surface area contributed by atoms with Gasteiger partial charge in [0.25, 0.3) is 0 Å². The van der Waals surface area contributed by atoms with Crippen molar-refractivity contribution in [2.45, 2.75) is 12.5 Å². The number of hydrogen-bond acceptors (Lipinski definition) is 3. The van der Waals surface area contributed by atoms with E-state index in [1.54, 1.807) is 0 Å². The molecule has 0 saturated carbocycles. The van der Waals surface area contributed by atoms with Crippen molar-refractivity contribution in [2.75, 3.05) is 7.11 Å². The van der Waals surface area contributed by atoms with Crippen LogP contribution in [0.5, 0.6) is 0 Å². The first-order valence-electron chi connectivity index (χ1n) is 4.32. The van der Waals surface area contributed by atoms with Crippen LogP contribution in [0.15, 0.2) is 27.1 Å². The summed E-state index contributed by atoms with van der Waals surface area (Å²) in [5.41, 5.74) is 6.64. The summed E-state index contributed by atoms with van der Waals surface area (Å²) in [6.07, 6.45) is 0.459. The number of hydrogen-bond donors (Lipinski definition) is 1. The van der Waals surface area contributed by atoms with Gasteiger partial charge in [-0.1, -0.05) is 37.9 Å². The fourth-order valence-electron chi connectivity index (χ4n) is 1.16. The Morgan fingerprint density at radius 3 is 2.73 bits per heavy atom. The van der Waals surface area contributed by atoms with E-state index in [1.807, 2.05) is 18.2 Å². The predicted octanol–water partition coefficient (Wildman–Crippen LogP) is 2.25. The highest BCUT2D eigenvalue weighted by atomic mass is 79.9. The molecule has 1 aromatic carbocycles. The first kappa shape index (κ1) is 12.7. The van der Waals surface area contributed by atoms with Crippen LogP contribution in [0.25, 0.3) is 0 Å². The highest BCUT2D eigenvalue weighted by Crippen LogP contribution is 2.22. The molecule has 0 aromatic heterocycles. The van der Waals surface area contributed by atoms with Gasteiger partial charge in [-0.2, -0.15) is 0 Å². The molecular weight excluding hydrogens is 326 g/mol. The van der Waals surface area contributed by atoms with Crippen LogP contribution in [-0.2, 0) is 16.0 Å². The fourth-order valence-corrected chi connectivity index (χ4v) is 2.37. The third kappa shape index (κ3) is 3.59. The third-order valence-electron chi connectivity index (χ3n) is 1.96. The summed E-state index contributed by atoms with van der Waals surface area (Å²) >= 11 is 6.76. The van der Waals surface area contributed by atoms with Gasteiger partial charge in [0.15, 0.2) is 0 Å². The van der Waals surface area contributed by atoms with Crippen molar-refractivity contribution in [3.8, 4) is 0 Å². The summed E-state index contributed by atoms with van der Waals surface area (Å²) in [4.78, 5) is 11.1. The quantitative estimate of drug-likeness (QED) is 0.861. The molecule has 3 nitrogen and oxygen atoms in total. The molecular formula is C10H11Br2NO2. The molecule has 1 aromatic rings. The molecule has 0 saturated heterocycles. The van der Waals surface area contributed by atoms with Gasteiger partial charge in [-0.15, -0.1) is 0 Å². The van der Waals surface area contributed by atoms with E-state index in [0.717, 1.165) is 14.5 Å². The van der Waals surface area contributed by atoms with E-state index in [4.69, 9.17) is 5.73 Å². The van der Waals surface area contributed by atoms with E-state index >= 15 is 0 Å². The van der Waals surface area contributed by atoms with Crippen LogP contribution in [0.4, 0.5) is 0 Å². The topological polar surface area (TPSA) is 52.3 Å². The Kier molecular flexibility index (Phi) is 4.76. The zero-order valence-corrected chi connectivity index (χ0v) is 11.3. The van der Waals surface area contributed by atoms with Gasteiger partial charge in [0.1, 0.15) is 6.04 Å². The Morgan fingerprint density at radius 2 is 2.20 bits per heavy atom. The van der Waals surface area contributed by atoms with Crippen molar-refractivity contribution in [1.82, 2.24) is 0 Å².